The number of thiophene rings is 1. The molecule has 7 heteroatoms. The van der Waals surface area contributed by atoms with Crippen molar-refractivity contribution in [3.05, 3.63) is 34.1 Å². The summed E-state index contributed by atoms with van der Waals surface area (Å²) in [7, 11) is 0. The number of hydrogen-bond donors (Lipinski definition) is 0. The highest BCUT2D eigenvalue weighted by Gasteiger charge is 2.46. The van der Waals surface area contributed by atoms with E-state index in [0.29, 0.717) is 12.3 Å². The third kappa shape index (κ3) is 4.26. The molecule has 0 N–H and O–H groups in total. The quantitative estimate of drug-likeness (QED) is 0.715. The van der Waals surface area contributed by atoms with Crippen molar-refractivity contribution < 1.29 is 14.1 Å². The fourth-order valence-corrected chi connectivity index (χ4v) is 5.59. The number of aromatic nitrogens is 2. The zero-order valence-electron chi connectivity index (χ0n) is 16.8. The number of ether oxygens (including phenoxy) is 1. The van der Waals surface area contributed by atoms with Gasteiger partial charge < -0.3 is 14.2 Å². The first-order valence-corrected chi connectivity index (χ1v) is 11.8. The Morgan fingerprint density at radius 3 is 2.90 bits per heavy atom. The third-order valence-corrected chi connectivity index (χ3v) is 7.57. The van der Waals surface area contributed by atoms with E-state index in [1.165, 1.54) is 12.8 Å². The maximum absolute atomic E-state index is 13.0. The highest BCUT2D eigenvalue weighted by molar-refractivity contribution is 7.10. The molecule has 29 heavy (non-hydrogen) atoms. The Kier molecular flexibility index (Phi) is 5.43. The van der Waals surface area contributed by atoms with Gasteiger partial charge in [-0.2, -0.15) is 4.98 Å². The smallest absolute Gasteiger partial charge is 0.229 e. The predicted molar refractivity (Wildman–Crippen MR) is 110 cm³/mol. The molecule has 3 aliphatic rings. The zero-order chi connectivity index (χ0) is 19.7. The van der Waals surface area contributed by atoms with Crippen molar-refractivity contribution in [3.8, 4) is 0 Å². The van der Waals surface area contributed by atoms with Crippen LogP contribution >= 0.6 is 11.3 Å². The van der Waals surface area contributed by atoms with E-state index in [1.54, 1.807) is 11.3 Å². The van der Waals surface area contributed by atoms with E-state index < -0.39 is 0 Å². The van der Waals surface area contributed by atoms with Crippen LogP contribution in [0.5, 0.6) is 0 Å². The molecular weight excluding hydrogens is 386 g/mol. The van der Waals surface area contributed by atoms with E-state index in [-0.39, 0.29) is 11.3 Å². The van der Waals surface area contributed by atoms with Gasteiger partial charge in [-0.3, -0.25) is 4.79 Å². The van der Waals surface area contributed by atoms with Crippen LogP contribution in [-0.4, -0.2) is 47.3 Å². The average Bonchev–Trinajstić information content (AvgIpc) is 3.21. The fraction of sp³-hybridized carbons (Fsp3) is 0.682. The van der Waals surface area contributed by atoms with Gasteiger partial charge in [0.25, 0.3) is 0 Å². The maximum Gasteiger partial charge on any atom is 0.229 e. The number of piperidine rings is 1. The van der Waals surface area contributed by atoms with E-state index >= 15 is 0 Å². The van der Waals surface area contributed by atoms with Gasteiger partial charge in [0.15, 0.2) is 5.82 Å². The second-order valence-electron chi connectivity index (χ2n) is 8.95. The molecule has 2 aromatic rings. The van der Waals surface area contributed by atoms with Crippen molar-refractivity contribution in [3.63, 3.8) is 0 Å². The molecule has 0 spiro atoms. The molecule has 1 amide bonds. The minimum Gasteiger partial charge on any atom is -0.381 e. The molecule has 1 saturated carbocycles. The monoisotopic (exact) mass is 415 g/mol. The van der Waals surface area contributed by atoms with Gasteiger partial charge in [0, 0.05) is 37.1 Å². The first kappa shape index (κ1) is 19.2. The topological polar surface area (TPSA) is 68.5 Å². The van der Waals surface area contributed by atoms with Gasteiger partial charge >= 0.3 is 0 Å². The molecule has 2 aromatic heterocycles. The molecule has 5 rings (SSSR count). The highest BCUT2D eigenvalue weighted by atomic mass is 32.1. The Morgan fingerprint density at radius 1 is 1.28 bits per heavy atom. The van der Waals surface area contributed by atoms with E-state index in [9.17, 15) is 4.79 Å². The molecule has 1 aliphatic carbocycles. The molecule has 1 atom stereocenters. The lowest BCUT2D eigenvalue weighted by Gasteiger charge is -2.41. The first-order valence-electron chi connectivity index (χ1n) is 10.9. The Bertz CT molecular complexity index is 826. The van der Waals surface area contributed by atoms with Gasteiger partial charge in [-0.15, -0.1) is 11.3 Å². The summed E-state index contributed by atoms with van der Waals surface area (Å²) in [5, 5.41) is 6.51. The van der Waals surface area contributed by atoms with Crippen LogP contribution in [0.15, 0.2) is 22.0 Å². The standard InChI is InChI=1S/C22H29N3O3S/c26-19(13-18-3-1-12-29-18)25-9-2-8-22(15-25,14-16-4-5-16)21-23-20(28-24-21)17-6-10-27-11-7-17/h1,3,12,16-17H,2,4-11,13-15H2. The third-order valence-electron chi connectivity index (χ3n) is 6.70. The normalized spacial score (nSPS) is 26.0. The minimum absolute atomic E-state index is 0.155. The Balaban J connectivity index is 1.36. The Hall–Kier alpha value is -1.73. The summed E-state index contributed by atoms with van der Waals surface area (Å²) in [6.45, 7) is 3.09. The lowest BCUT2D eigenvalue weighted by atomic mass is 9.74. The molecule has 3 fully saturated rings. The first-order chi connectivity index (χ1) is 14.2. The summed E-state index contributed by atoms with van der Waals surface area (Å²) in [5.41, 5.74) is -0.155. The molecule has 4 heterocycles. The number of likely N-dealkylation sites (tertiary alicyclic amines) is 1. The van der Waals surface area contributed by atoms with Crippen LogP contribution in [0.3, 0.4) is 0 Å². The number of carbonyl (C=O) groups is 1. The number of amides is 1. The van der Waals surface area contributed by atoms with Crippen LogP contribution in [-0.2, 0) is 21.4 Å². The van der Waals surface area contributed by atoms with Crippen LogP contribution in [0.4, 0.5) is 0 Å². The minimum atomic E-state index is -0.155. The van der Waals surface area contributed by atoms with Crippen molar-refractivity contribution in [2.24, 2.45) is 5.92 Å². The molecule has 2 aliphatic heterocycles. The van der Waals surface area contributed by atoms with Gasteiger partial charge in [0.05, 0.1) is 11.8 Å². The van der Waals surface area contributed by atoms with Gasteiger partial charge in [-0.1, -0.05) is 24.1 Å². The maximum atomic E-state index is 13.0. The van der Waals surface area contributed by atoms with E-state index in [4.69, 9.17) is 14.2 Å². The van der Waals surface area contributed by atoms with Crippen molar-refractivity contribution in [2.45, 2.75) is 62.7 Å². The predicted octanol–water partition coefficient (Wildman–Crippen LogP) is 3.93. The SMILES string of the molecule is O=C(Cc1cccs1)N1CCCC(CC2CC2)(c2noc(C3CCOCC3)n2)C1. The van der Waals surface area contributed by atoms with Crippen LogP contribution < -0.4 is 0 Å². The van der Waals surface area contributed by atoms with Crippen molar-refractivity contribution >= 4 is 17.2 Å². The molecular formula is C22H29N3O3S. The molecule has 0 aromatic carbocycles. The molecule has 6 nitrogen and oxygen atoms in total. The van der Waals surface area contributed by atoms with Crippen LogP contribution in [0, 0.1) is 5.92 Å². The molecule has 1 unspecified atom stereocenters. The number of carbonyl (C=O) groups excluding carboxylic acids is 1. The van der Waals surface area contributed by atoms with E-state index in [2.05, 4.69) is 10.1 Å². The van der Waals surface area contributed by atoms with Gasteiger partial charge in [-0.05, 0) is 49.5 Å². The summed E-state index contributed by atoms with van der Waals surface area (Å²) in [6.07, 6.45) is 8.08. The van der Waals surface area contributed by atoms with Gasteiger partial charge in [0.2, 0.25) is 11.8 Å². The summed E-state index contributed by atoms with van der Waals surface area (Å²) >= 11 is 1.65. The lowest BCUT2D eigenvalue weighted by molar-refractivity contribution is -0.132. The van der Waals surface area contributed by atoms with Crippen molar-refractivity contribution in [1.29, 1.82) is 0 Å². The second kappa shape index (κ2) is 8.19. The van der Waals surface area contributed by atoms with Crippen LogP contribution in [0.2, 0.25) is 0 Å². The van der Waals surface area contributed by atoms with Gasteiger partial charge in [0.1, 0.15) is 0 Å². The number of rotatable bonds is 6. The van der Waals surface area contributed by atoms with Gasteiger partial charge in [-0.25, -0.2) is 0 Å². The van der Waals surface area contributed by atoms with Crippen molar-refractivity contribution in [1.82, 2.24) is 15.0 Å². The van der Waals surface area contributed by atoms with E-state index in [0.717, 1.165) is 80.9 Å². The Labute approximate surface area is 175 Å². The fourth-order valence-electron chi connectivity index (χ4n) is 4.89. The Morgan fingerprint density at radius 2 is 2.14 bits per heavy atom. The lowest BCUT2D eigenvalue weighted by Crippen LogP contribution is -2.49. The average molecular weight is 416 g/mol. The largest absolute Gasteiger partial charge is 0.381 e. The number of hydrogen-bond acceptors (Lipinski definition) is 6. The summed E-state index contributed by atoms with van der Waals surface area (Å²) in [5.74, 6) is 2.87. The molecule has 156 valence electrons. The molecule has 0 bridgehead atoms. The zero-order valence-corrected chi connectivity index (χ0v) is 17.7. The highest BCUT2D eigenvalue weighted by Crippen LogP contribution is 2.46. The number of nitrogens with zero attached hydrogens (tertiary/aromatic N) is 3. The van der Waals surface area contributed by atoms with Crippen LogP contribution in [0.1, 0.15) is 67.5 Å². The summed E-state index contributed by atoms with van der Waals surface area (Å²) < 4.78 is 11.2. The van der Waals surface area contributed by atoms with Crippen LogP contribution in [0.25, 0.3) is 0 Å². The van der Waals surface area contributed by atoms with E-state index in [1.807, 2.05) is 17.5 Å². The second-order valence-corrected chi connectivity index (χ2v) is 9.98. The molecule has 0 radical (unpaired) electrons. The molecule has 2 saturated heterocycles. The van der Waals surface area contributed by atoms with Crippen molar-refractivity contribution in [2.75, 3.05) is 26.3 Å². The summed E-state index contributed by atoms with van der Waals surface area (Å²) in [6, 6.07) is 4.06. The summed E-state index contributed by atoms with van der Waals surface area (Å²) in [4.78, 5) is 21.1.